The highest BCUT2D eigenvalue weighted by molar-refractivity contribution is 6.09. The highest BCUT2D eigenvalue weighted by Crippen LogP contribution is 2.35. The lowest BCUT2D eigenvalue weighted by atomic mass is 9.91. The first-order valence-corrected chi connectivity index (χ1v) is 7.97. The van der Waals surface area contributed by atoms with Crippen LogP contribution in [0.5, 0.6) is 0 Å². The number of hydrogen-bond donors (Lipinski definition) is 3. The number of carbonyl (C=O) groups is 3. The van der Waals surface area contributed by atoms with Gasteiger partial charge in [-0.25, -0.2) is 9.59 Å². The molecule has 0 radical (unpaired) electrons. The number of aromatic nitrogens is 1. The first-order chi connectivity index (χ1) is 13.0. The second-order valence-electron chi connectivity index (χ2n) is 5.86. The molecule has 4 N–H and O–H groups in total. The average molecular weight is 396 g/mol. The van der Waals surface area contributed by atoms with Gasteiger partial charge in [-0.3, -0.25) is 9.78 Å². The zero-order valence-electron chi connectivity index (χ0n) is 14.3. The molecular weight excluding hydrogens is 381 g/mol. The van der Waals surface area contributed by atoms with Crippen molar-refractivity contribution in [1.82, 2.24) is 4.98 Å². The van der Waals surface area contributed by atoms with Gasteiger partial charge in [0.1, 0.15) is 0 Å². The molecule has 3 rings (SSSR count). The number of Topliss-reactive ketones (excluding diaryl/α,β-unsaturated/α-hetero) is 1. The number of nitrogen functional groups attached to an aromatic ring is 1. The second kappa shape index (κ2) is 8.07. The van der Waals surface area contributed by atoms with Crippen LogP contribution < -0.4 is 5.73 Å². The number of rotatable bonds is 2. The van der Waals surface area contributed by atoms with Crippen molar-refractivity contribution in [2.75, 3.05) is 5.73 Å². The lowest BCUT2D eigenvalue weighted by molar-refractivity contribution is -0.137. The van der Waals surface area contributed by atoms with Crippen molar-refractivity contribution in [2.24, 2.45) is 0 Å². The van der Waals surface area contributed by atoms with Crippen LogP contribution in [0.4, 0.5) is 18.9 Å². The summed E-state index contributed by atoms with van der Waals surface area (Å²) >= 11 is 0. The van der Waals surface area contributed by atoms with E-state index >= 15 is 0 Å². The van der Waals surface area contributed by atoms with E-state index in [9.17, 15) is 27.6 Å². The smallest absolute Gasteiger partial charge is 0.416 e. The number of carbonyl (C=O) groups excluding carboxylic acids is 1. The zero-order valence-corrected chi connectivity index (χ0v) is 14.3. The number of anilines is 1. The van der Waals surface area contributed by atoms with Crippen LogP contribution >= 0.6 is 0 Å². The van der Waals surface area contributed by atoms with Crippen LogP contribution in [0.25, 0.3) is 10.9 Å². The Hall–Kier alpha value is -3.43. The molecule has 0 saturated carbocycles. The van der Waals surface area contributed by atoms with Crippen molar-refractivity contribution >= 4 is 34.3 Å². The molecule has 0 atom stereocenters. The van der Waals surface area contributed by atoms with E-state index in [0.29, 0.717) is 48.1 Å². The fourth-order valence-corrected chi connectivity index (χ4v) is 2.70. The first-order valence-electron chi connectivity index (χ1n) is 7.97. The minimum absolute atomic E-state index is 0.0851. The Bertz CT molecular complexity index is 967. The molecule has 0 fully saturated rings. The number of nitrogens with two attached hydrogens (primary N) is 1. The van der Waals surface area contributed by atoms with Gasteiger partial charge in [0, 0.05) is 24.0 Å². The molecule has 0 unspecified atom stereocenters. The average Bonchev–Trinajstić information content (AvgIpc) is 2.59. The van der Waals surface area contributed by atoms with Crippen LogP contribution in [0, 0.1) is 0 Å². The minimum atomic E-state index is -4.42. The summed E-state index contributed by atoms with van der Waals surface area (Å²) in [4.78, 5) is 35.2. The number of fused-ring (bicyclic) bond motifs is 2. The maximum Gasteiger partial charge on any atom is 0.416 e. The molecule has 0 amide bonds. The summed E-state index contributed by atoms with van der Waals surface area (Å²) in [5, 5.41) is 16.0. The molecule has 1 aromatic carbocycles. The number of aryl methyl sites for hydroxylation is 1. The third kappa shape index (κ3) is 4.84. The van der Waals surface area contributed by atoms with E-state index < -0.39 is 23.7 Å². The number of carboxylic acid groups (broad SMARTS) is 2. The van der Waals surface area contributed by atoms with Crippen molar-refractivity contribution in [2.45, 2.75) is 25.4 Å². The Morgan fingerprint density at radius 2 is 1.71 bits per heavy atom. The van der Waals surface area contributed by atoms with Gasteiger partial charge in [0.25, 0.3) is 0 Å². The van der Waals surface area contributed by atoms with Crippen molar-refractivity contribution in [3.8, 4) is 0 Å². The molecular formula is C18H15F3N2O5. The van der Waals surface area contributed by atoms with Gasteiger partial charge < -0.3 is 15.9 Å². The van der Waals surface area contributed by atoms with Gasteiger partial charge in [-0.1, -0.05) is 6.07 Å². The maximum absolute atomic E-state index is 12.7. The van der Waals surface area contributed by atoms with Crippen molar-refractivity contribution < 1.29 is 37.8 Å². The maximum atomic E-state index is 12.7. The van der Waals surface area contributed by atoms with Gasteiger partial charge in [0.2, 0.25) is 0 Å². The predicted octanol–water partition coefficient (Wildman–Crippen LogP) is 3.07. The summed E-state index contributed by atoms with van der Waals surface area (Å²) in [5.74, 6) is -2.60. The number of halogens is 3. The number of ketones is 1. The highest BCUT2D eigenvalue weighted by atomic mass is 19.4. The fourth-order valence-electron chi connectivity index (χ4n) is 2.70. The first kappa shape index (κ1) is 20.9. The zero-order chi connectivity index (χ0) is 21.1. The molecule has 0 aliphatic heterocycles. The van der Waals surface area contributed by atoms with Gasteiger partial charge in [-0.05, 0) is 25.0 Å². The lowest BCUT2D eigenvalue weighted by Gasteiger charge is -2.18. The predicted molar refractivity (Wildman–Crippen MR) is 92.8 cm³/mol. The molecule has 1 aliphatic carbocycles. The number of carboxylic acids is 2. The summed E-state index contributed by atoms with van der Waals surface area (Å²) in [7, 11) is 0. The van der Waals surface area contributed by atoms with E-state index in [4.69, 9.17) is 15.9 Å². The van der Waals surface area contributed by atoms with Crippen LogP contribution in [0.2, 0.25) is 0 Å². The second-order valence-corrected chi connectivity index (χ2v) is 5.86. The number of hydrogen-bond acceptors (Lipinski definition) is 5. The van der Waals surface area contributed by atoms with Crippen LogP contribution in [0.3, 0.4) is 0 Å². The van der Waals surface area contributed by atoms with Crippen molar-refractivity contribution in [3.63, 3.8) is 0 Å². The van der Waals surface area contributed by atoms with E-state index in [1.165, 1.54) is 6.07 Å². The SMILES string of the molecule is Nc1c2c(nc3cc(C(F)(F)F)ccc13)CCCC2=O.O=C(O)/C=C\C(=O)O. The van der Waals surface area contributed by atoms with Crippen molar-refractivity contribution in [1.29, 1.82) is 0 Å². The Kier molecular flexibility index (Phi) is 6.02. The van der Waals surface area contributed by atoms with Gasteiger partial charge >= 0.3 is 18.1 Å². The molecule has 1 heterocycles. The van der Waals surface area contributed by atoms with Crippen LogP contribution in [-0.2, 0) is 22.2 Å². The Labute approximate surface area is 156 Å². The molecule has 2 aromatic rings. The van der Waals surface area contributed by atoms with Gasteiger partial charge in [-0.15, -0.1) is 0 Å². The molecule has 10 heteroatoms. The Morgan fingerprint density at radius 1 is 1.11 bits per heavy atom. The number of pyridine rings is 1. The summed E-state index contributed by atoms with van der Waals surface area (Å²) in [6, 6.07) is 3.22. The van der Waals surface area contributed by atoms with Crippen LogP contribution in [-0.4, -0.2) is 32.9 Å². The summed E-state index contributed by atoms with van der Waals surface area (Å²) in [6.07, 6.45) is -1.67. The molecule has 0 spiro atoms. The fraction of sp³-hybridized carbons (Fsp3) is 0.222. The number of alkyl halides is 3. The van der Waals surface area contributed by atoms with Crippen LogP contribution in [0.1, 0.15) is 34.5 Å². The van der Waals surface area contributed by atoms with Crippen LogP contribution in [0.15, 0.2) is 30.4 Å². The van der Waals surface area contributed by atoms with Gasteiger partial charge in [-0.2, -0.15) is 13.2 Å². The third-order valence-corrected chi connectivity index (χ3v) is 3.89. The number of nitrogens with zero attached hydrogens (tertiary/aromatic N) is 1. The standard InChI is InChI=1S/C14H11F3N2O.C4H4O4/c15-14(16,17)7-4-5-8-10(6-7)19-9-2-1-3-11(20)12(9)13(8)18;5-3(6)1-2-4(7)8/h4-6H,1-3H2,(H2,18,19);1-2H,(H,5,6)(H,7,8)/b;2-1-. The Balaban J connectivity index is 0.000000300. The molecule has 148 valence electrons. The van der Waals surface area contributed by atoms with E-state index in [2.05, 4.69) is 4.98 Å². The van der Waals surface area contributed by atoms with Gasteiger partial charge in [0.05, 0.1) is 28.0 Å². The normalized spacial score (nSPS) is 13.8. The molecule has 0 bridgehead atoms. The third-order valence-electron chi connectivity index (χ3n) is 3.89. The van der Waals surface area contributed by atoms with Gasteiger partial charge in [0.15, 0.2) is 5.78 Å². The largest absolute Gasteiger partial charge is 0.478 e. The minimum Gasteiger partial charge on any atom is -0.478 e. The van der Waals surface area contributed by atoms with E-state index in [1.54, 1.807) is 0 Å². The van der Waals surface area contributed by atoms with E-state index in [0.717, 1.165) is 12.1 Å². The topological polar surface area (TPSA) is 131 Å². The number of aliphatic carboxylic acids is 2. The molecule has 1 aliphatic rings. The molecule has 28 heavy (non-hydrogen) atoms. The van der Waals surface area contributed by atoms with E-state index in [1.807, 2.05) is 0 Å². The Morgan fingerprint density at radius 3 is 2.25 bits per heavy atom. The summed E-state index contributed by atoms with van der Waals surface area (Å²) in [5.41, 5.74) is 6.49. The lowest BCUT2D eigenvalue weighted by Crippen LogP contribution is -2.16. The summed E-state index contributed by atoms with van der Waals surface area (Å²) < 4.78 is 38.1. The number of benzene rings is 1. The summed E-state index contributed by atoms with van der Waals surface area (Å²) in [6.45, 7) is 0. The molecule has 7 nitrogen and oxygen atoms in total. The monoisotopic (exact) mass is 396 g/mol. The molecule has 1 aromatic heterocycles. The van der Waals surface area contributed by atoms with E-state index in [-0.39, 0.29) is 17.0 Å². The quantitative estimate of drug-likeness (QED) is 0.665. The highest BCUT2D eigenvalue weighted by Gasteiger charge is 2.31. The van der Waals surface area contributed by atoms with Crippen molar-refractivity contribution in [3.05, 3.63) is 47.2 Å². The molecule has 0 saturated heterocycles.